The molecule has 0 atom stereocenters. The summed E-state index contributed by atoms with van der Waals surface area (Å²) in [6.07, 6.45) is 0. The zero-order valence-electron chi connectivity index (χ0n) is 8.11. The second-order valence-corrected chi connectivity index (χ2v) is 3.82. The highest BCUT2D eigenvalue weighted by Crippen LogP contribution is 2.22. The largest absolute Gasteiger partial charge is 0.378 e. The highest BCUT2D eigenvalue weighted by Gasteiger charge is 2.02. The summed E-state index contributed by atoms with van der Waals surface area (Å²) in [6, 6.07) is 7.59. The molecule has 0 aliphatic heterocycles. The topological polar surface area (TPSA) is 62.2 Å². The third-order valence-corrected chi connectivity index (χ3v) is 2.81. The normalized spacial score (nSPS) is 11.1. The first kappa shape index (κ1) is 10.6. The van der Waals surface area contributed by atoms with E-state index >= 15 is 0 Å². The molecule has 0 heterocycles. The van der Waals surface area contributed by atoms with E-state index in [-0.39, 0.29) is 0 Å². The molecule has 72 valence electrons. The lowest BCUT2D eigenvalue weighted by Crippen LogP contribution is -2.05. The van der Waals surface area contributed by atoms with Gasteiger partial charge in [0.2, 0.25) is 0 Å². The van der Waals surface area contributed by atoms with Gasteiger partial charge in [-0.15, -0.1) is 0 Å². The summed E-state index contributed by atoms with van der Waals surface area (Å²) < 4.78 is 0. The van der Waals surface area contributed by atoms with Crippen LogP contribution in [0.2, 0.25) is 0 Å². The number of nitriles is 1. The van der Waals surface area contributed by atoms with Crippen LogP contribution in [0.4, 0.5) is 0 Å². The van der Waals surface area contributed by atoms with Crippen LogP contribution in [0, 0.1) is 18.3 Å². The number of rotatable bonds is 1. The Bertz CT molecular complexity index is 404. The summed E-state index contributed by atoms with van der Waals surface area (Å²) in [6.45, 7) is 1.95. The van der Waals surface area contributed by atoms with Gasteiger partial charge >= 0.3 is 0 Å². The van der Waals surface area contributed by atoms with E-state index < -0.39 is 0 Å². The highest BCUT2D eigenvalue weighted by atomic mass is 32.2. The zero-order chi connectivity index (χ0) is 10.6. The first-order chi connectivity index (χ1) is 6.67. The van der Waals surface area contributed by atoms with Crippen LogP contribution in [-0.4, -0.2) is 12.2 Å². The molecule has 1 rings (SSSR count). The molecular formula is C10H11N3S. The summed E-state index contributed by atoms with van der Waals surface area (Å²) in [7, 11) is 1.65. The van der Waals surface area contributed by atoms with Crippen molar-refractivity contribution >= 4 is 16.9 Å². The third-order valence-electron chi connectivity index (χ3n) is 1.74. The number of hydrogen-bond acceptors (Lipinski definition) is 3. The van der Waals surface area contributed by atoms with Crippen LogP contribution < -0.4 is 5.73 Å². The average molecular weight is 205 g/mol. The van der Waals surface area contributed by atoms with Crippen LogP contribution in [-0.2, 0) is 0 Å². The molecule has 0 aliphatic rings. The lowest BCUT2D eigenvalue weighted by molar-refractivity contribution is 1.29. The Morgan fingerprint density at radius 2 is 2.29 bits per heavy atom. The van der Waals surface area contributed by atoms with E-state index in [1.165, 1.54) is 11.8 Å². The molecule has 4 heteroatoms. The second kappa shape index (κ2) is 4.68. The Kier molecular flexibility index (Phi) is 3.55. The fourth-order valence-electron chi connectivity index (χ4n) is 0.992. The van der Waals surface area contributed by atoms with E-state index in [4.69, 9.17) is 11.0 Å². The molecule has 0 unspecified atom stereocenters. The maximum atomic E-state index is 8.68. The van der Waals surface area contributed by atoms with Gasteiger partial charge in [0, 0.05) is 11.9 Å². The minimum atomic E-state index is 0.526. The van der Waals surface area contributed by atoms with E-state index in [2.05, 4.69) is 11.1 Å². The number of aryl methyl sites for hydroxylation is 1. The monoisotopic (exact) mass is 205 g/mol. The Morgan fingerprint density at radius 1 is 1.57 bits per heavy atom. The minimum absolute atomic E-state index is 0.526. The molecule has 0 radical (unpaired) electrons. The summed E-state index contributed by atoms with van der Waals surface area (Å²) in [5.74, 6) is 0. The molecular weight excluding hydrogens is 194 g/mol. The van der Waals surface area contributed by atoms with Gasteiger partial charge in [-0.25, -0.2) is 0 Å². The number of benzene rings is 1. The van der Waals surface area contributed by atoms with E-state index in [1.54, 1.807) is 13.1 Å². The molecule has 0 aliphatic carbocycles. The Balaban J connectivity index is 2.96. The van der Waals surface area contributed by atoms with Crippen LogP contribution in [0.5, 0.6) is 0 Å². The van der Waals surface area contributed by atoms with Crippen molar-refractivity contribution in [1.29, 1.82) is 5.26 Å². The van der Waals surface area contributed by atoms with Gasteiger partial charge in [0.15, 0.2) is 5.17 Å². The molecule has 2 N–H and O–H groups in total. The van der Waals surface area contributed by atoms with Crippen LogP contribution in [0.15, 0.2) is 28.1 Å². The Hall–Kier alpha value is -1.47. The summed E-state index contributed by atoms with van der Waals surface area (Å²) in [5.41, 5.74) is 7.30. The fourth-order valence-corrected chi connectivity index (χ4v) is 1.66. The molecule has 1 aromatic carbocycles. The van der Waals surface area contributed by atoms with Crippen molar-refractivity contribution in [2.75, 3.05) is 7.05 Å². The number of aliphatic imine (C=N–C) groups is 1. The van der Waals surface area contributed by atoms with Crippen molar-refractivity contribution in [3.8, 4) is 6.07 Å². The van der Waals surface area contributed by atoms with Crippen LogP contribution in [0.1, 0.15) is 11.1 Å². The van der Waals surface area contributed by atoms with Crippen molar-refractivity contribution in [2.24, 2.45) is 10.7 Å². The van der Waals surface area contributed by atoms with Gasteiger partial charge in [-0.2, -0.15) is 5.26 Å². The molecule has 0 aromatic heterocycles. The van der Waals surface area contributed by atoms with Crippen molar-refractivity contribution in [3.05, 3.63) is 29.3 Å². The lowest BCUT2D eigenvalue weighted by Gasteiger charge is -2.04. The van der Waals surface area contributed by atoms with Gasteiger partial charge in [-0.05, 0) is 30.7 Å². The number of thioether (sulfide) groups is 1. The maximum absolute atomic E-state index is 8.68. The Morgan fingerprint density at radius 3 is 2.79 bits per heavy atom. The Labute approximate surface area is 87.6 Å². The predicted octanol–water partition coefficient (Wildman–Crippen LogP) is 1.90. The maximum Gasteiger partial charge on any atom is 0.158 e. The molecule has 14 heavy (non-hydrogen) atoms. The molecule has 0 fully saturated rings. The SMILES string of the molecule is CN=C(N)Sc1ccc(C#N)cc1C. The first-order valence-electron chi connectivity index (χ1n) is 4.08. The highest BCUT2D eigenvalue weighted by molar-refractivity contribution is 8.13. The van der Waals surface area contributed by atoms with E-state index in [0.717, 1.165) is 10.5 Å². The summed E-state index contributed by atoms with van der Waals surface area (Å²) in [4.78, 5) is 4.89. The average Bonchev–Trinajstić information content (AvgIpc) is 2.20. The second-order valence-electron chi connectivity index (χ2n) is 2.76. The lowest BCUT2D eigenvalue weighted by atomic mass is 10.2. The molecule has 0 saturated carbocycles. The summed E-state index contributed by atoms with van der Waals surface area (Å²) in [5, 5.41) is 9.20. The van der Waals surface area contributed by atoms with Crippen molar-refractivity contribution in [3.63, 3.8) is 0 Å². The number of hydrogen-bond donors (Lipinski definition) is 1. The van der Waals surface area contributed by atoms with Gasteiger partial charge in [-0.3, -0.25) is 4.99 Å². The van der Waals surface area contributed by atoms with E-state index in [1.807, 2.05) is 19.1 Å². The van der Waals surface area contributed by atoms with Crippen molar-refractivity contribution < 1.29 is 0 Å². The van der Waals surface area contributed by atoms with E-state index in [0.29, 0.717) is 10.7 Å². The molecule has 0 spiro atoms. The number of nitrogens with two attached hydrogens (primary N) is 1. The number of amidine groups is 1. The molecule has 0 amide bonds. The van der Waals surface area contributed by atoms with Gasteiger partial charge in [-0.1, -0.05) is 11.8 Å². The third kappa shape index (κ3) is 2.51. The molecule has 3 nitrogen and oxygen atoms in total. The van der Waals surface area contributed by atoms with E-state index in [9.17, 15) is 0 Å². The van der Waals surface area contributed by atoms with Gasteiger partial charge < -0.3 is 5.73 Å². The quantitative estimate of drug-likeness (QED) is 0.432. The standard InChI is InChI=1S/C10H11N3S/c1-7-5-8(6-11)3-4-9(7)14-10(12)13-2/h3-5H,1-2H3,(H2,12,13). The fraction of sp³-hybridized carbons (Fsp3) is 0.200. The molecule has 0 saturated heterocycles. The van der Waals surface area contributed by atoms with Crippen LogP contribution in [0.3, 0.4) is 0 Å². The summed E-state index contributed by atoms with van der Waals surface area (Å²) >= 11 is 1.41. The van der Waals surface area contributed by atoms with Crippen molar-refractivity contribution in [2.45, 2.75) is 11.8 Å². The van der Waals surface area contributed by atoms with Crippen LogP contribution >= 0.6 is 11.8 Å². The minimum Gasteiger partial charge on any atom is -0.378 e. The van der Waals surface area contributed by atoms with Crippen LogP contribution in [0.25, 0.3) is 0 Å². The smallest absolute Gasteiger partial charge is 0.158 e. The van der Waals surface area contributed by atoms with Gasteiger partial charge in [0.1, 0.15) is 0 Å². The first-order valence-corrected chi connectivity index (χ1v) is 4.90. The van der Waals surface area contributed by atoms with Gasteiger partial charge in [0.25, 0.3) is 0 Å². The zero-order valence-corrected chi connectivity index (χ0v) is 8.93. The predicted molar refractivity (Wildman–Crippen MR) is 59.3 cm³/mol. The molecule has 0 bridgehead atoms. The van der Waals surface area contributed by atoms with Gasteiger partial charge in [0.05, 0.1) is 11.6 Å². The van der Waals surface area contributed by atoms with Crippen molar-refractivity contribution in [1.82, 2.24) is 0 Å². The molecule has 1 aromatic rings. The number of nitrogens with zero attached hydrogens (tertiary/aromatic N) is 2.